The van der Waals surface area contributed by atoms with Gasteiger partial charge in [-0.05, 0) is 61.9 Å². The number of amides is 1. The van der Waals surface area contributed by atoms with Gasteiger partial charge in [-0.3, -0.25) is 9.69 Å². The van der Waals surface area contributed by atoms with Gasteiger partial charge >= 0.3 is 0 Å². The lowest BCUT2D eigenvalue weighted by atomic mass is 9.93. The minimum atomic E-state index is -0.274. The van der Waals surface area contributed by atoms with Gasteiger partial charge in [0, 0.05) is 31.6 Å². The first kappa shape index (κ1) is 21.3. The zero-order valence-electron chi connectivity index (χ0n) is 17.4. The van der Waals surface area contributed by atoms with Gasteiger partial charge < -0.3 is 10.1 Å². The molecule has 1 aliphatic heterocycles. The molecule has 4 nitrogen and oxygen atoms in total. The van der Waals surface area contributed by atoms with Crippen molar-refractivity contribution in [1.82, 2.24) is 10.2 Å². The molecule has 0 radical (unpaired) electrons. The van der Waals surface area contributed by atoms with Crippen LogP contribution < -0.4 is 10.1 Å². The Bertz CT molecular complexity index is 824. The van der Waals surface area contributed by atoms with E-state index in [1.165, 1.54) is 18.1 Å². The molecular formula is C24H31FN2O2. The zero-order valence-corrected chi connectivity index (χ0v) is 17.4. The van der Waals surface area contributed by atoms with Crippen molar-refractivity contribution in [1.29, 1.82) is 0 Å². The number of carbonyl (C=O) groups is 1. The number of piperidine rings is 1. The molecule has 3 rings (SSSR count). The van der Waals surface area contributed by atoms with Crippen LogP contribution >= 0.6 is 0 Å². The normalized spacial score (nSPS) is 17.1. The van der Waals surface area contributed by atoms with Crippen LogP contribution in [0, 0.1) is 18.7 Å². The average Bonchev–Trinajstić information content (AvgIpc) is 2.72. The molecule has 0 spiro atoms. The maximum atomic E-state index is 13.6. The smallest absolute Gasteiger partial charge is 0.220 e. The lowest BCUT2D eigenvalue weighted by molar-refractivity contribution is -0.121. The van der Waals surface area contributed by atoms with Crippen molar-refractivity contribution in [2.45, 2.75) is 45.7 Å². The van der Waals surface area contributed by atoms with Crippen LogP contribution in [0.1, 0.15) is 42.4 Å². The third-order valence-corrected chi connectivity index (χ3v) is 5.68. The van der Waals surface area contributed by atoms with Crippen molar-refractivity contribution in [3.63, 3.8) is 0 Å². The molecule has 1 heterocycles. The van der Waals surface area contributed by atoms with E-state index < -0.39 is 0 Å². The van der Waals surface area contributed by atoms with Crippen LogP contribution in [-0.4, -0.2) is 31.0 Å². The number of nitrogens with one attached hydrogen (secondary N) is 1. The molecule has 1 saturated heterocycles. The molecule has 1 aliphatic rings. The Morgan fingerprint density at radius 2 is 2.10 bits per heavy atom. The molecule has 1 N–H and O–H groups in total. The van der Waals surface area contributed by atoms with Crippen molar-refractivity contribution in [3.05, 3.63) is 65.0 Å². The summed E-state index contributed by atoms with van der Waals surface area (Å²) in [6.45, 7) is 5.37. The fourth-order valence-corrected chi connectivity index (χ4v) is 4.09. The highest BCUT2D eigenvalue weighted by molar-refractivity contribution is 5.75. The van der Waals surface area contributed by atoms with Gasteiger partial charge in [0.2, 0.25) is 5.91 Å². The van der Waals surface area contributed by atoms with Crippen LogP contribution in [-0.2, 0) is 17.9 Å². The van der Waals surface area contributed by atoms with Crippen LogP contribution in [0.4, 0.5) is 4.39 Å². The van der Waals surface area contributed by atoms with Gasteiger partial charge in [-0.2, -0.15) is 0 Å². The fourth-order valence-electron chi connectivity index (χ4n) is 4.09. The molecule has 0 aromatic heterocycles. The van der Waals surface area contributed by atoms with Gasteiger partial charge in [0.25, 0.3) is 0 Å². The third kappa shape index (κ3) is 6.29. The molecule has 1 atom stereocenters. The molecule has 29 heavy (non-hydrogen) atoms. The molecule has 1 amide bonds. The predicted molar refractivity (Wildman–Crippen MR) is 113 cm³/mol. The van der Waals surface area contributed by atoms with Crippen LogP contribution in [0.3, 0.4) is 0 Å². The topological polar surface area (TPSA) is 41.6 Å². The Morgan fingerprint density at radius 3 is 2.86 bits per heavy atom. The van der Waals surface area contributed by atoms with Gasteiger partial charge in [-0.15, -0.1) is 0 Å². The van der Waals surface area contributed by atoms with E-state index >= 15 is 0 Å². The van der Waals surface area contributed by atoms with E-state index in [1.54, 1.807) is 25.3 Å². The standard InChI is InChI=1S/C24H31FN2O2/c1-18-14-20(9-11-23(18)29-2)17-27-13-5-6-19(16-27)10-12-24(28)26-15-21-7-3-4-8-22(21)25/h3-4,7-9,11,14,19H,5-6,10,12-13,15-17H2,1-2H3,(H,26,28). The van der Waals surface area contributed by atoms with Crippen LogP contribution in [0.25, 0.3) is 0 Å². The summed E-state index contributed by atoms with van der Waals surface area (Å²) in [6.07, 6.45) is 3.70. The molecule has 0 aliphatic carbocycles. The van der Waals surface area contributed by atoms with Gasteiger partial charge in [0.1, 0.15) is 11.6 Å². The lowest BCUT2D eigenvalue weighted by Crippen LogP contribution is -2.35. The highest BCUT2D eigenvalue weighted by atomic mass is 19.1. The number of ether oxygens (including phenoxy) is 1. The summed E-state index contributed by atoms with van der Waals surface area (Å²) < 4.78 is 19.0. The van der Waals surface area contributed by atoms with Gasteiger partial charge in [-0.25, -0.2) is 4.39 Å². The second kappa shape index (κ2) is 10.4. The third-order valence-electron chi connectivity index (χ3n) is 5.68. The fraction of sp³-hybridized carbons (Fsp3) is 0.458. The summed E-state index contributed by atoms with van der Waals surface area (Å²) in [5.74, 6) is 1.18. The van der Waals surface area contributed by atoms with Crippen LogP contribution in [0.15, 0.2) is 42.5 Å². The summed E-state index contributed by atoms with van der Waals surface area (Å²) >= 11 is 0. The van der Waals surface area contributed by atoms with Crippen LogP contribution in [0.2, 0.25) is 0 Å². The lowest BCUT2D eigenvalue weighted by Gasteiger charge is -2.32. The number of hydrogen-bond donors (Lipinski definition) is 1. The molecule has 0 bridgehead atoms. The largest absolute Gasteiger partial charge is 0.496 e. The van der Waals surface area contributed by atoms with E-state index in [0.717, 1.165) is 43.8 Å². The Kier molecular flexibility index (Phi) is 7.64. The van der Waals surface area contributed by atoms with E-state index in [4.69, 9.17) is 4.74 Å². The van der Waals surface area contributed by atoms with Crippen molar-refractivity contribution >= 4 is 5.91 Å². The minimum Gasteiger partial charge on any atom is -0.496 e. The first-order valence-electron chi connectivity index (χ1n) is 10.4. The summed E-state index contributed by atoms with van der Waals surface area (Å²) in [5.41, 5.74) is 2.98. The Balaban J connectivity index is 1.43. The van der Waals surface area contributed by atoms with Crippen molar-refractivity contribution in [2.24, 2.45) is 5.92 Å². The molecule has 1 unspecified atom stereocenters. The monoisotopic (exact) mass is 398 g/mol. The SMILES string of the molecule is COc1ccc(CN2CCCC(CCC(=O)NCc3ccccc3F)C2)cc1C. The Hall–Kier alpha value is -2.40. The number of halogens is 1. The zero-order chi connectivity index (χ0) is 20.6. The number of carbonyl (C=O) groups excluding carboxylic acids is 1. The molecule has 156 valence electrons. The Morgan fingerprint density at radius 1 is 1.28 bits per heavy atom. The van der Waals surface area contributed by atoms with E-state index in [9.17, 15) is 9.18 Å². The van der Waals surface area contributed by atoms with Crippen LogP contribution in [0.5, 0.6) is 5.75 Å². The highest BCUT2D eigenvalue weighted by Gasteiger charge is 2.21. The first-order chi connectivity index (χ1) is 14.0. The summed E-state index contributed by atoms with van der Waals surface area (Å²) in [7, 11) is 1.70. The van der Waals surface area contributed by atoms with Gasteiger partial charge in [0.15, 0.2) is 0 Å². The second-order valence-corrected chi connectivity index (χ2v) is 7.95. The minimum absolute atomic E-state index is 0.00356. The molecule has 5 heteroatoms. The predicted octanol–water partition coefficient (Wildman–Crippen LogP) is 4.45. The molecule has 2 aromatic rings. The first-order valence-corrected chi connectivity index (χ1v) is 10.4. The maximum absolute atomic E-state index is 13.6. The number of aryl methyl sites for hydroxylation is 1. The van der Waals surface area contributed by atoms with E-state index in [-0.39, 0.29) is 18.3 Å². The molecule has 2 aromatic carbocycles. The average molecular weight is 399 g/mol. The second-order valence-electron chi connectivity index (χ2n) is 7.95. The van der Waals surface area contributed by atoms with Crippen molar-refractivity contribution in [3.8, 4) is 5.75 Å². The van der Waals surface area contributed by atoms with Crippen molar-refractivity contribution in [2.75, 3.05) is 20.2 Å². The quantitative estimate of drug-likeness (QED) is 0.714. The number of likely N-dealkylation sites (tertiary alicyclic amines) is 1. The molecular weight excluding hydrogens is 367 g/mol. The van der Waals surface area contributed by atoms with E-state index in [2.05, 4.69) is 29.3 Å². The molecule has 1 fully saturated rings. The maximum Gasteiger partial charge on any atom is 0.220 e. The Labute approximate surface area is 173 Å². The number of benzene rings is 2. The number of hydrogen-bond acceptors (Lipinski definition) is 3. The van der Waals surface area contributed by atoms with E-state index in [1.807, 2.05) is 6.07 Å². The highest BCUT2D eigenvalue weighted by Crippen LogP contribution is 2.24. The number of methoxy groups -OCH3 is 1. The molecule has 0 saturated carbocycles. The summed E-state index contributed by atoms with van der Waals surface area (Å²) in [6, 6.07) is 12.9. The van der Waals surface area contributed by atoms with Crippen molar-refractivity contribution < 1.29 is 13.9 Å². The van der Waals surface area contributed by atoms with Gasteiger partial charge in [-0.1, -0.05) is 30.3 Å². The summed E-state index contributed by atoms with van der Waals surface area (Å²) in [5, 5.41) is 2.84. The van der Waals surface area contributed by atoms with E-state index in [0.29, 0.717) is 17.9 Å². The van der Waals surface area contributed by atoms with Gasteiger partial charge in [0.05, 0.1) is 7.11 Å². The number of nitrogens with zero attached hydrogens (tertiary/aromatic N) is 1. The summed E-state index contributed by atoms with van der Waals surface area (Å²) in [4.78, 5) is 14.7. The number of rotatable bonds is 8.